The number of hydrogen-bond acceptors (Lipinski definition) is 5. The SMILES string of the molecule is O=C(CN1CCN(c2ccccn2)CC1)N[C@H]1CCCNC1. The highest BCUT2D eigenvalue weighted by Gasteiger charge is 2.21. The normalized spacial score (nSPS) is 23.3. The van der Waals surface area contributed by atoms with Crippen molar-refractivity contribution in [3.63, 3.8) is 0 Å². The summed E-state index contributed by atoms with van der Waals surface area (Å²) in [5, 5.41) is 6.47. The summed E-state index contributed by atoms with van der Waals surface area (Å²) in [7, 11) is 0. The van der Waals surface area contributed by atoms with Crippen molar-refractivity contribution >= 4 is 11.7 Å². The van der Waals surface area contributed by atoms with Gasteiger partial charge in [-0.05, 0) is 31.5 Å². The van der Waals surface area contributed by atoms with Gasteiger partial charge in [0.25, 0.3) is 0 Å². The maximum atomic E-state index is 12.1. The van der Waals surface area contributed by atoms with Gasteiger partial charge in [-0.15, -0.1) is 0 Å². The lowest BCUT2D eigenvalue weighted by Gasteiger charge is -2.35. The van der Waals surface area contributed by atoms with Crippen LogP contribution in [0.25, 0.3) is 0 Å². The van der Waals surface area contributed by atoms with Crippen LogP contribution in [0.4, 0.5) is 5.82 Å². The standard InChI is InChI=1S/C16H25N5O/c22-16(19-14-4-3-6-17-12-14)13-20-8-10-21(11-9-20)15-5-1-2-7-18-15/h1-2,5,7,14,17H,3-4,6,8-13H2,(H,19,22)/t14-/m0/s1. The van der Waals surface area contributed by atoms with Crippen LogP contribution >= 0.6 is 0 Å². The van der Waals surface area contributed by atoms with Crippen molar-refractivity contribution < 1.29 is 4.79 Å². The monoisotopic (exact) mass is 303 g/mol. The predicted molar refractivity (Wildman–Crippen MR) is 86.9 cm³/mol. The van der Waals surface area contributed by atoms with E-state index in [1.807, 2.05) is 24.4 Å². The average molecular weight is 303 g/mol. The summed E-state index contributed by atoms with van der Waals surface area (Å²) in [4.78, 5) is 21.0. The molecule has 22 heavy (non-hydrogen) atoms. The van der Waals surface area contributed by atoms with Crippen molar-refractivity contribution in [2.24, 2.45) is 0 Å². The summed E-state index contributed by atoms with van der Waals surface area (Å²) in [6.45, 7) is 6.15. The van der Waals surface area contributed by atoms with Gasteiger partial charge in [0, 0.05) is 45.0 Å². The van der Waals surface area contributed by atoms with Crippen LogP contribution in [0.5, 0.6) is 0 Å². The molecule has 2 aliphatic rings. The molecular weight excluding hydrogens is 278 g/mol. The Kier molecular flexibility index (Phi) is 5.24. The van der Waals surface area contributed by atoms with Crippen LogP contribution in [0.15, 0.2) is 24.4 Å². The largest absolute Gasteiger partial charge is 0.354 e. The van der Waals surface area contributed by atoms with E-state index in [-0.39, 0.29) is 5.91 Å². The lowest BCUT2D eigenvalue weighted by atomic mass is 10.1. The van der Waals surface area contributed by atoms with E-state index in [1.54, 1.807) is 0 Å². The van der Waals surface area contributed by atoms with Crippen LogP contribution in [0.3, 0.4) is 0 Å². The zero-order valence-electron chi connectivity index (χ0n) is 13.0. The minimum absolute atomic E-state index is 0.153. The Labute approximate surface area is 131 Å². The summed E-state index contributed by atoms with van der Waals surface area (Å²) < 4.78 is 0. The van der Waals surface area contributed by atoms with Gasteiger partial charge < -0.3 is 15.5 Å². The molecule has 0 aliphatic carbocycles. The molecule has 0 saturated carbocycles. The Hall–Kier alpha value is -1.66. The van der Waals surface area contributed by atoms with Crippen LogP contribution in [0, 0.1) is 0 Å². The number of anilines is 1. The number of rotatable bonds is 4. The second-order valence-corrected chi connectivity index (χ2v) is 6.06. The smallest absolute Gasteiger partial charge is 0.234 e. The van der Waals surface area contributed by atoms with E-state index in [0.717, 1.165) is 57.9 Å². The molecule has 120 valence electrons. The minimum atomic E-state index is 0.153. The Morgan fingerprint density at radius 3 is 2.86 bits per heavy atom. The molecule has 0 bridgehead atoms. The zero-order valence-corrected chi connectivity index (χ0v) is 13.0. The Bertz CT molecular complexity index is 467. The van der Waals surface area contributed by atoms with E-state index >= 15 is 0 Å². The molecule has 1 atom stereocenters. The Morgan fingerprint density at radius 2 is 2.18 bits per heavy atom. The summed E-state index contributed by atoms with van der Waals surface area (Å²) in [6.07, 6.45) is 4.06. The van der Waals surface area contributed by atoms with Crippen molar-refractivity contribution in [1.82, 2.24) is 20.5 Å². The first-order valence-corrected chi connectivity index (χ1v) is 8.20. The molecule has 2 saturated heterocycles. The summed E-state index contributed by atoms with van der Waals surface area (Å²) in [5.41, 5.74) is 0. The number of hydrogen-bond donors (Lipinski definition) is 2. The van der Waals surface area contributed by atoms with Gasteiger partial charge in [-0.2, -0.15) is 0 Å². The lowest BCUT2D eigenvalue weighted by molar-refractivity contribution is -0.123. The van der Waals surface area contributed by atoms with Crippen molar-refractivity contribution in [3.05, 3.63) is 24.4 Å². The number of nitrogens with one attached hydrogen (secondary N) is 2. The number of nitrogens with zero attached hydrogens (tertiary/aromatic N) is 3. The van der Waals surface area contributed by atoms with Crippen LogP contribution in [0.2, 0.25) is 0 Å². The zero-order chi connectivity index (χ0) is 15.2. The van der Waals surface area contributed by atoms with Crippen LogP contribution in [-0.2, 0) is 4.79 Å². The molecule has 2 aliphatic heterocycles. The molecule has 2 fully saturated rings. The first-order chi connectivity index (χ1) is 10.8. The van der Waals surface area contributed by atoms with E-state index in [2.05, 4.69) is 25.4 Å². The number of carbonyl (C=O) groups is 1. The van der Waals surface area contributed by atoms with E-state index in [1.165, 1.54) is 0 Å². The first kappa shape index (κ1) is 15.2. The van der Waals surface area contributed by atoms with Gasteiger partial charge in [-0.3, -0.25) is 9.69 Å². The fourth-order valence-corrected chi connectivity index (χ4v) is 3.13. The van der Waals surface area contributed by atoms with Crippen molar-refractivity contribution in [2.45, 2.75) is 18.9 Å². The van der Waals surface area contributed by atoms with Gasteiger partial charge in [0.2, 0.25) is 5.91 Å². The van der Waals surface area contributed by atoms with Crippen LogP contribution in [-0.4, -0.2) is 67.6 Å². The molecule has 6 nitrogen and oxygen atoms in total. The van der Waals surface area contributed by atoms with Gasteiger partial charge in [-0.1, -0.05) is 6.07 Å². The Balaban J connectivity index is 1.41. The molecule has 1 amide bonds. The van der Waals surface area contributed by atoms with Crippen molar-refractivity contribution in [1.29, 1.82) is 0 Å². The van der Waals surface area contributed by atoms with Crippen molar-refractivity contribution in [2.75, 3.05) is 50.7 Å². The third-order valence-electron chi connectivity index (χ3n) is 4.37. The number of pyridine rings is 1. The van der Waals surface area contributed by atoms with E-state index in [0.29, 0.717) is 12.6 Å². The van der Waals surface area contributed by atoms with Gasteiger partial charge in [0.1, 0.15) is 5.82 Å². The van der Waals surface area contributed by atoms with Gasteiger partial charge in [0.15, 0.2) is 0 Å². The molecular formula is C16H25N5O. The third-order valence-corrected chi connectivity index (χ3v) is 4.37. The highest BCUT2D eigenvalue weighted by atomic mass is 16.2. The summed E-state index contributed by atoms with van der Waals surface area (Å²) in [6, 6.07) is 6.29. The summed E-state index contributed by atoms with van der Waals surface area (Å²) >= 11 is 0. The Morgan fingerprint density at radius 1 is 1.32 bits per heavy atom. The number of aromatic nitrogens is 1. The second-order valence-electron chi connectivity index (χ2n) is 6.06. The number of piperidine rings is 1. The fourth-order valence-electron chi connectivity index (χ4n) is 3.13. The molecule has 0 unspecified atom stereocenters. The maximum absolute atomic E-state index is 12.1. The van der Waals surface area contributed by atoms with Crippen molar-refractivity contribution in [3.8, 4) is 0 Å². The quantitative estimate of drug-likeness (QED) is 0.824. The highest BCUT2D eigenvalue weighted by molar-refractivity contribution is 5.78. The van der Waals surface area contributed by atoms with Crippen LogP contribution < -0.4 is 15.5 Å². The van der Waals surface area contributed by atoms with E-state index in [4.69, 9.17) is 0 Å². The van der Waals surface area contributed by atoms with Gasteiger partial charge >= 0.3 is 0 Å². The summed E-state index contributed by atoms with van der Waals surface area (Å²) in [5.74, 6) is 1.18. The number of piperazine rings is 1. The predicted octanol–water partition coefficient (Wildman–Crippen LogP) is 0.0718. The van der Waals surface area contributed by atoms with E-state index in [9.17, 15) is 4.79 Å². The first-order valence-electron chi connectivity index (χ1n) is 8.20. The topological polar surface area (TPSA) is 60.5 Å². The molecule has 1 aromatic heterocycles. The molecule has 0 radical (unpaired) electrons. The molecule has 2 N–H and O–H groups in total. The fraction of sp³-hybridized carbons (Fsp3) is 0.625. The average Bonchev–Trinajstić information content (AvgIpc) is 2.57. The van der Waals surface area contributed by atoms with E-state index < -0.39 is 0 Å². The van der Waals surface area contributed by atoms with Gasteiger partial charge in [0.05, 0.1) is 6.54 Å². The molecule has 0 aromatic carbocycles. The van der Waals surface area contributed by atoms with Crippen LogP contribution in [0.1, 0.15) is 12.8 Å². The third kappa shape index (κ3) is 4.18. The second kappa shape index (κ2) is 7.56. The van der Waals surface area contributed by atoms with Gasteiger partial charge in [-0.25, -0.2) is 4.98 Å². The molecule has 1 aromatic rings. The number of carbonyl (C=O) groups excluding carboxylic acids is 1. The minimum Gasteiger partial charge on any atom is -0.354 e. The molecule has 0 spiro atoms. The maximum Gasteiger partial charge on any atom is 0.234 e. The molecule has 3 heterocycles. The lowest BCUT2D eigenvalue weighted by Crippen LogP contribution is -2.52. The highest BCUT2D eigenvalue weighted by Crippen LogP contribution is 2.12. The molecule has 6 heteroatoms. The number of amides is 1. The molecule has 3 rings (SSSR count).